The number of hydrogen-bond acceptors (Lipinski definition) is 7. The predicted molar refractivity (Wildman–Crippen MR) is 197 cm³/mol. The van der Waals surface area contributed by atoms with Gasteiger partial charge in [-0.05, 0) is 111 Å². The minimum absolute atomic E-state index is 0.0240. The minimum atomic E-state index is -2.02. The van der Waals surface area contributed by atoms with Crippen molar-refractivity contribution in [3.8, 4) is 5.75 Å². The Kier molecular flexibility index (Phi) is 11.0. The number of carbonyl (C=O) groups excluding carboxylic acids is 1. The fraction of sp³-hybridized carbons (Fsp3) is 0.615. The first-order valence-corrected chi connectivity index (χ1v) is 20.1. The summed E-state index contributed by atoms with van der Waals surface area (Å²) in [4.78, 5) is 18.3. The Morgan fingerprint density at radius 1 is 1.12 bits per heavy atom. The van der Waals surface area contributed by atoms with E-state index in [-0.39, 0.29) is 17.4 Å². The van der Waals surface area contributed by atoms with Crippen LogP contribution in [0, 0.1) is 17.8 Å². The number of methoxy groups -OCH3 is 1. The van der Waals surface area contributed by atoms with E-state index in [1.165, 1.54) is 11.1 Å². The molecule has 10 heteroatoms. The molecule has 0 N–H and O–H groups in total. The van der Waals surface area contributed by atoms with E-state index in [4.69, 9.17) is 25.8 Å². The van der Waals surface area contributed by atoms with Crippen molar-refractivity contribution in [3.63, 3.8) is 0 Å². The van der Waals surface area contributed by atoms with Gasteiger partial charge in [-0.3, -0.25) is 9.00 Å². The second-order valence-electron chi connectivity index (χ2n) is 15.1. The largest absolute Gasteiger partial charge is 0.490 e. The summed E-state index contributed by atoms with van der Waals surface area (Å²) in [5, 5.41) is 0.772. The standard InChI is InChI=1S/C39H52ClN3O5S/c1-27-5-3-7-36(47-20-19-42-17-14-32(46-2)15-18-42)33-11-8-30(33)23-43-25-39(16-4-6-28-21-31(40)10-12-34(28)39)26-48-37-13-9-29(22-35(37)43)38(44)41-49(45)24-27/h3,7,9-10,12-13,21-22,27,30,32-33,36,49H,4-6,8,11,14-20,23-26H2,1-2H3/b7-3+/t27-,30-,33+,36-,39-/m0/s1. The number of halogens is 1. The van der Waals surface area contributed by atoms with E-state index in [0.29, 0.717) is 42.5 Å². The van der Waals surface area contributed by atoms with Crippen LogP contribution >= 0.6 is 11.6 Å². The third kappa shape index (κ3) is 7.91. The lowest BCUT2D eigenvalue weighted by Crippen LogP contribution is -2.50. The third-order valence-electron chi connectivity index (χ3n) is 11.8. The highest BCUT2D eigenvalue weighted by Gasteiger charge is 2.44. The summed E-state index contributed by atoms with van der Waals surface area (Å²) >= 11 is 6.47. The lowest BCUT2D eigenvalue weighted by molar-refractivity contribution is -0.0274. The molecule has 2 bridgehead atoms. The first-order chi connectivity index (χ1) is 23.8. The van der Waals surface area contributed by atoms with Gasteiger partial charge in [-0.2, -0.15) is 4.36 Å². The molecule has 1 spiro atoms. The quantitative estimate of drug-likeness (QED) is 0.272. The lowest BCUT2D eigenvalue weighted by Gasteiger charge is -2.46. The molecule has 49 heavy (non-hydrogen) atoms. The molecule has 7 rings (SSSR count). The van der Waals surface area contributed by atoms with Crippen LogP contribution in [0.4, 0.5) is 5.69 Å². The second-order valence-corrected chi connectivity index (χ2v) is 16.8. The number of anilines is 1. The van der Waals surface area contributed by atoms with Gasteiger partial charge in [0.2, 0.25) is 0 Å². The minimum Gasteiger partial charge on any atom is -0.490 e. The Bertz CT molecular complexity index is 1620. The number of fused-ring (bicyclic) bond motifs is 4. The summed E-state index contributed by atoms with van der Waals surface area (Å²) in [5.74, 6) is 1.73. The van der Waals surface area contributed by atoms with Crippen LogP contribution in [0.15, 0.2) is 52.9 Å². The highest BCUT2D eigenvalue weighted by atomic mass is 35.5. The highest BCUT2D eigenvalue weighted by Crippen LogP contribution is 2.47. The van der Waals surface area contributed by atoms with E-state index in [2.05, 4.69) is 45.4 Å². The molecule has 8 nitrogen and oxygen atoms in total. The van der Waals surface area contributed by atoms with E-state index in [9.17, 15) is 9.00 Å². The Balaban J connectivity index is 1.19. The molecule has 2 aromatic carbocycles. The van der Waals surface area contributed by atoms with Crippen molar-refractivity contribution in [1.29, 1.82) is 0 Å². The number of likely N-dealkylation sites (tertiary alicyclic amines) is 1. The fourth-order valence-electron chi connectivity index (χ4n) is 8.78. The van der Waals surface area contributed by atoms with E-state index < -0.39 is 16.5 Å². The van der Waals surface area contributed by atoms with Crippen molar-refractivity contribution in [3.05, 3.63) is 70.3 Å². The summed E-state index contributed by atoms with van der Waals surface area (Å²) in [6.07, 6.45) is 13.2. The van der Waals surface area contributed by atoms with Crippen LogP contribution < -0.4 is 9.64 Å². The SMILES string of the molecule is COC1CCN(CCO[C@H]2/C=C/C[C@H](C)C/[SH](=O)=N\C(=O)c3ccc4c(c3)N(C[C@@H]3CC[C@H]32)C[C@@]2(CCCc3cc(Cl)ccc32)CO4)CC1. The van der Waals surface area contributed by atoms with Gasteiger partial charge >= 0.3 is 0 Å². The predicted octanol–water partition coefficient (Wildman–Crippen LogP) is 6.74. The van der Waals surface area contributed by atoms with Gasteiger partial charge < -0.3 is 24.0 Å². The first-order valence-electron chi connectivity index (χ1n) is 18.3. The summed E-state index contributed by atoms with van der Waals surface area (Å²) in [6.45, 7) is 8.01. The van der Waals surface area contributed by atoms with Gasteiger partial charge in [0, 0.05) is 72.2 Å². The average molecular weight is 710 g/mol. The maximum atomic E-state index is 13.3. The number of carbonyl (C=O) groups is 1. The van der Waals surface area contributed by atoms with Crippen molar-refractivity contribution < 1.29 is 23.2 Å². The molecule has 0 radical (unpaired) electrons. The van der Waals surface area contributed by atoms with E-state index in [1.807, 2.05) is 25.3 Å². The van der Waals surface area contributed by atoms with E-state index in [0.717, 1.165) is 101 Å². The number of hydrogen-bond donors (Lipinski definition) is 1. The fourth-order valence-corrected chi connectivity index (χ4v) is 10.1. The summed E-state index contributed by atoms with van der Waals surface area (Å²) < 4.78 is 36.2. The Labute approximate surface area is 298 Å². The summed E-state index contributed by atoms with van der Waals surface area (Å²) in [6, 6.07) is 12.0. The number of nitrogens with zero attached hydrogens (tertiary/aromatic N) is 3. The molecular formula is C39H52ClN3O5S. The van der Waals surface area contributed by atoms with Crippen molar-refractivity contribution in [2.45, 2.75) is 75.9 Å². The van der Waals surface area contributed by atoms with Crippen molar-refractivity contribution in [2.24, 2.45) is 22.1 Å². The van der Waals surface area contributed by atoms with Gasteiger partial charge in [-0.15, -0.1) is 0 Å². The number of rotatable bonds is 5. The molecule has 3 heterocycles. The van der Waals surface area contributed by atoms with Crippen LogP contribution in [0.3, 0.4) is 0 Å². The first kappa shape index (κ1) is 35.0. The molecule has 0 aromatic heterocycles. The third-order valence-corrected chi connectivity index (χ3v) is 13.3. The highest BCUT2D eigenvalue weighted by molar-refractivity contribution is 7.75. The van der Waals surface area contributed by atoms with E-state index in [1.54, 1.807) is 6.07 Å². The molecule has 1 saturated heterocycles. The molecule has 6 atom stereocenters. The van der Waals surface area contributed by atoms with Gasteiger partial charge in [-0.25, -0.2) is 0 Å². The maximum Gasteiger partial charge on any atom is 0.284 e. The number of allylic oxidation sites excluding steroid dienone is 1. The smallest absolute Gasteiger partial charge is 0.284 e. The lowest BCUT2D eigenvalue weighted by atomic mass is 9.68. The van der Waals surface area contributed by atoms with Crippen LogP contribution in [0.25, 0.3) is 0 Å². The molecule has 2 aromatic rings. The molecule has 2 aliphatic carbocycles. The number of benzene rings is 2. The van der Waals surface area contributed by atoms with Crippen LogP contribution in [0.2, 0.25) is 5.02 Å². The molecule has 2 fully saturated rings. The topological polar surface area (TPSA) is 80.7 Å². The van der Waals surface area contributed by atoms with Crippen molar-refractivity contribution >= 4 is 33.8 Å². The average Bonchev–Trinajstić information content (AvgIpc) is 3.23. The number of amides is 1. The normalized spacial score (nSPS) is 32.2. The number of aryl methyl sites for hydroxylation is 1. The zero-order chi connectivity index (χ0) is 34.0. The van der Waals surface area contributed by atoms with Gasteiger partial charge in [0.15, 0.2) is 0 Å². The molecule has 3 aliphatic heterocycles. The van der Waals surface area contributed by atoms with Crippen LogP contribution in [0.5, 0.6) is 5.75 Å². The molecule has 1 saturated carbocycles. The van der Waals surface area contributed by atoms with Crippen molar-refractivity contribution in [1.82, 2.24) is 4.90 Å². The Hall–Kier alpha value is -2.43. The van der Waals surface area contributed by atoms with Gasteiger partial charge in [-0.1, -0.05) is 36.7 Å². The monoisotopic (exact) mass is 709 g/mol. The van der Waals surface area contributed by atoms with Gasteiger partial charge in [0.1, 0.15) is 5.75 Å². The van der Waals surface area contributed by atoms with Crippen LogP contribution in [-0.2, 0) is 31.9 Å². The second kappa shape index (κ2) is 15.4. The molecule has 5 aliphatic rings. The Morgan fingerprint density at radius 3 is 2.78 bits per heavy atom. The molecule has 1 unspecified atom stereocenters. The number of thiol groups is 1. The van der Waals surface area contributed by atoms with Crippen LogP contribution in [0.1, 0.15) is 73.4 Å². The van der Waals surface area contributed by atoms with Crippen molar-refractivity contribution in [2.75, 3.05) is 63.7 Å². The molecule has 266 valence electrons. The summed E-state index contributed by atoms with van der Waals surface area (Å²) in [5.41, 5.74) is 3.82. The Morgan fingerprint density at radius 2 is 1.98 bits per heavy atom. The maximum absolute atomic E-state index is 13.3. The zero-order valence-corrected chi connectivity index (χ0v) is 30.7. The zero-order valence-electron chi connectivity index (χ0n) is 29.0. The van der Waals surface area contributed by atoms with E-state index >= 15 is 0 Å². The number of piperidine rings is 1. The molecular weight excluding hydrogens is 658 g/mol. The van der Waals surface area contributed by atoms with Gasteiger partial charge in [0.25, 0.3) is 5.91 Å². The van der Waals surface area contributed by atoms with Gasteiger partial charge in [0.05, 0.1) is 31.1 Å². The van der Waals surface area contributed by atoms with Crippen LogP contribution in [-0.4, -0.2) is 86.0 Å². The summed E-state index contributed by atoms with van der Waals surface area (Å²) in [7, 11) is -0.201. The number of ether oxygens (including phenoxy) is 3. The molecule has 1 amide bonds.